The lowest BCUT2D eigenvalue weighted by Gasteiger charge is -2.28. The van der Waals surface area contributed by atoms with E-state index in [2.05, 4.69) is 64.2 Å². The summed E-state index contributed by atoms with van der Waals surface area (Å²) >= 11 is 0. The summed E-state index contributed by atoms with van der Waals surface area (Å²) in [6.45, 7) is 11.7. The Kier molecular flexibility index (Phi) is 3.52. The van der Waals surface area contributed by atoms with Crippen LogP contribution in [0, 0.1) is 6.92 Å². The van der Waals surface area contributed by atoms with Crippen molar-refractivity contribution < 1.29 is 4.74 Å². The molecule has 1 heterocycles. The summed E-state index contributed by atoms with van der Waals surface area (Å²) in [5.41, 5.74) is 2.54. The Morgan fingerprint density at radius 3 is 2.28 bits per heavy atom. The van der Waals surface area contributed by atoms with Crippen molar-refractivity contribution in [3.05, 3.63) is 35.4 Å². The number of aryl methyl sites for hydroxylation is 1. The monoisotopic (exact) mass is 247 g/mol. The summed E-state index contributed by atoms with van der Waals surface area (Å²) in [6.07, 6.45) is 1.06. The summed E-state index contributed by atoms with van der Waals surface area (Å²) < 4.78 is 6.09. The zero-order chi connectivity index (χ0) is 13.4. The van der Waals surface area contributed by atoms with E-state index >= 15 is 0 Å². The van der Waals surface area contributed by atoms with Crippen molar-refractivity contribution in [2.45, 2.75) is 64.8 Å². The molecule has 0 aromatic heterocycles. The van der Waals surface area contributed by atoms with Crippen LogP contribution in [0.4, 0.5) is 0 Å². The van der Waals surface area contributed by atoms with E-state index in [0.29, 0.717) is 6.04 Å². The van der Waals surface area contributed by atoms with E-state index in [9.17, 15) is 0 Å². The van der Waals surface area contributed by atoms with Crippen LogP contribution in [0.5, 0.6) is 0 Å². The normalized spacial score (nSPS) is 25.3. The van der Waals surface area contributed by atoms with Crippen molar-refractivity contribution >= 4 is 0 Å². The van der Waals surface area contributed by atoms with Crippen molar-refractivity contribution in [3.8, 4) is 0 Å². The van der Waals surface area contributed by atoms with Crippen LogP contribution in [0.1, 0.15) is 45.2 Å². The highest BCUT2D eigenvalue weighted by Crippen LogP contribution is 2.37. The highest BCUT2D eigenvalue weighted by atomic mass is 16.5. The molecule has 2 heteroatoms. The zero-order valence-electron chi connectivity index (χ0n) is 12.2. The molecule has 1 atom stereocenters. The minimum Gasteiger partial charge on any atom is -0.368 e. The van der Waals surface area contributed by atoms with Crippen LogP contribution in [-0.4, -0.2) is 17.2 Å². The van der Waals surface area contributed by atoms with Crippen LogP contribution in [0.2, 0.25) is 0 Å². The number of hydrogen-bond donors (Lipinski definition) is 1. The lowest BCUT2D eigenvalue weighted by atomic mass is 9.94. The molecular weight excluding hydrogens is 222 g/mol. The molecule has 0 radical (unpaired) electrons. The molecule has 0 spiro atoms. The van der Waals surface area contributed by atoms with Gasteiger partial charge in [0.1, 0.15) is 0 Å². The number of hydrogen-bond acceptors (Lipinski definition) is 2. The molecule has 1 aromatic carbocycles. The van der Waals surface area contributed by atoms with Gasteiger partial charge in [0.2, 0.25) is 0 Å². The molecule has 0 saturated carbocycles. The van der Waals surface area contributed by atoms with Gasteiger partial charge in [-0.2, -0.15) is 0 Å². The van der Waals surface area contributed by atoms with E-state index < -0.39 is 0 Å². The van der Waals surface area contributed by atoms with Crippen LogP contribution in [0.15, 0.2) is 24.3 Å². The van der Waals surface area contributed by atoms with Crippen LogP contribution in [0.3, 0.4) is 0 Å². The molecule has 100 valence electrons. The van der Waals surface area contributed by atoms with Crippen molar-refractivity contribution in [2.75, 3.05) is 0 Å². The summed E-state index contributed by atoms with van der Waals surface area (Å²) in [5, 5.41) is 3.64. The second kappa shape index (κ2) is 4.67. The molecule has 1 aliphatic rings. The van der Waals surface area contributed by atoms with Gasteiger partial charge in [0.05, 0.1) is 11.2 Å². The SMILES string of the molecule is Cc1ccc(CNC2CC(C)(C)OC2(C)C)cc1. The van der Waals surface area contributed by atoms with Crippen LogP contribution >= 0.6 is 0 Å². The first kappa shape index (κ1) is 13.6. The quantitative estimate of drug-likeness (QED) is 0.883. The fraction of sp³-hybridized carbons (Fsp3) is 0.625. The number of nitrogens with one attached hydrogen (secondary N) is 1. The van der Waals surface area contributed by atoms with Gasteiger partial charge in [-0.3, -0.25) is 0 Å². The van der Waals surface area contributed by atoms with Crippen molar-refractivity contribution in [1.82, 2.24) is 5.32 Å². The van der Waals surface area contributed by atoms with E-state index in [1.165, 1.54) is 11.1 Å². The Morgan fingerprint density at radius 2 is 1.78 bits per heavy atom. The Balaban J connectivity index is 1.96. The van der Waals surface area contributed by atoms with Gasteiger partial charge in [-0.15, -0.1) is 0 Å². The van der Waals surface area contributed by atoms with Gasteiger partial charge in [-0.1, -0.05) is 29.8 Å². The van der Waals surface area contributed by atoms with Gasteiger partial charge in [0.15, 0.2) is 0 Å². The van der Waals surface area contributed by atoms with Crippen LogP contribution in [0.25, 0.3) is 0 Å². The predicted octanol–water partition coefficient (Wildman–Crippen LogP) is 3.43. The Labute approximate surface area is 111 Å². The molecule has 1 unspecified atom stereocenters. The van der Waals surface area contributed by atoms with Gasteiger partial charge < -0.3 is 10.1 Å². The molecular formula is C16H25NO. The minimum atomic E-state index is -0.0891. The lowest BCUT2D eigenvalue weighted by molar-refractivity contribution is -0.0699. The van der Waals surface area contributed by atoms with Gasteiger partial charge in [-0.25, -0.2) is 0 Å². The number of rotatable bonds is 3. The van der Waals surface area contributed by atoms with Gasteiger partial charge in [-0.05, 0) is 46.6 Å². The maximum atomic E-state index is 6.09. The highest BCUT2D eigenvalue weighted by molar-refractivity contribution is 5.21. The third-order valence-electron chi connectivity index (χ3n) is 3.75. The van der Waals surface area contributed by atoms with E-state index in [1.807, 2.05) is 0 Å². The molecule has 1 fully saturated rings. The Hall–Kier alpha value is -0.860. The summed E-state index contributed by atoms with van der Waals surface area (Å²) in [4.78, 5) is 0. The van der Waals surface area contributed by atoms with E-state index in [0.717, 1.165) is 13.0 Å². The average Bonchev–Trinajstić information content (AvgIpc) is 2.45. The largest absolute Gasteiger partial charge is 0.368 e. The average molecular weight is 247 g/mol. The summed E-state index contributed by atoms with van der Waals surface area (Å²) in [5.74, 6) is 0. The first-order valence-corrected chi connectivity index (χ1v) is 6.78. The van der Waals surface area contributed by atoms with Gasteiger partial charge >= 0.3 is 0 Å². The second-order valence-electron chi connectivity index (χ2n) is 6.59. The molecule has 1 aromatic rings. The van der Waals surface area contributed by atoms with E-state index in [-0.39, 0.29) is 11.2 Å². The summed E-state index contributed by atoms with van der Waals surface area (Å²) in [6, 6.07) is 9.12. The smallest absolute Gasteiger partial charge is 0.0787 e. The van der Waals surface area contributed by atoms with Crippen LogP contribution in [-0.2, 0) is 11.3 Å². The van der Waals surface area contributed by atoms with Crippen molar-refractivity contribution in [1.29, 1.82) is 0 Å². The van der Waals surface area contributed by atoms with Crippen molar-refractivity contribution in [2.24, 2.45) is 0 Å². The zero-order valence-corrected chi connectivity index (χ0v) is 12.2. The molecule has 1 N–H and O–H groups in total. The molecule has 0 aliphatic carbocycles. The molecule has 0 bridgehead atoms. The fourth-order valence-corrected chi connectivity index (χ4v) is 2.83. The molecule has 2 nitrogen and oxygen atoms in total. The van der Waals surface area contributed by atoms with Crippen molar-refractivity contribution in [3.63, 3.8) is 0 Å². The van der Waals surface area contributed by atoms with Crippen LogP contribution < -0.4 is 5.32 Å². The molecule has 18 heavy (non-hydrogen) atoms. The third kappa shape index (κ3) is 3.12. The number of ether oxygens (including phenoxy) is 1. The maximum Gasteiger partial charge on any atom is 0.0787 e. The molecule has 1 aliphatic heterocycles. The van der Waals surface area contributed by atoms with Gasteiger partial charge in [0.25, 0.3) is 0 Å². The third-order valence-corrected chi connectivity index (χ3v) is 3.75. The molecule has 0 amide bonds. The minimum absolute atomic E-state index is 0.0194. The lowest BCUT2D eigenvalue weighted by Crippen LogP contribution is -2.42. The first-order valence-electron chi connectivity index (χ1n) is 6.78. The fourth-order valence-electron chi connectivity index (χ4n) is 2.83. The first-order chi connectivity index (χ1) is 8.28. The second-order valence-corrected chi connectivity index (χ2v) is 6.59. The Morgan fingerprint density at radius 1 is 1.17 bits per heavy atom. The molecule has 2 rings (SSSR count). The number of benzene rings is 1. The highest BCUT2D eigenvalue weighted by Gasteiger charge is 2.45. The maximum absolute atomic E-state index is 6.09. The predicted molar refractivity (Wildman–Crippen MR) is 75.7 cm³/mol. The standard InChI is InChI=1S/C16H25NO/c1-12-6-8-13(9-7-12)11-17-14-10-15(2,3)18-16(14,4)5/h6-9,14,17H,10-11H2,1-5H3. The van der Waals surface area contributed by atoms with E-state index in [4.69, 9.17) is 4.74 Å². The topological polar surface area (TPSA) is 21.3 Å². The summed E-state index contributed by atoms with van der Waals surface area (Å²) in [7, 11) is 0. The molecule has 1 saturated heterocycles. The van der Waals surface area contributed by atoms with Gasteiger partial charge in [0, 0.05) is 12.6 Å². The Bertz CT molecular complexity index is 406. The van der Waals surface area contributed by atoms with E-state index in [1.54, 1.807) is 0 Å².